The molecule has 1 aromatic heterocycles. The minimum Gasteiger partial charge on any atom is -0.379 e. The summed E-state index contributed by atoms with van der Waals surface area (Å²) < 4.78 is 6.10. The van der Waals surface area contributed by atoms with Crippen LogP contribution in [0.25, 0.3) is 0 Å². The third-order valence-electron chi connectivity index (χ3n) is 3.30. The van der Waals surface area contributed by atoms with Crippen molar-refractivity contribution in [2.24, 2.45) is 0 Å². The third kappa shape index (κ3) is 6.22. The third-order valence-corrected chi connectivity index (χ3v) is 4.59. The molecule has 1 aliphatic rings. The Bertz CT molecular complexity index is 449. The van der Waals surface area contributed by atoms with Gasteiger partial charge in [-0.25, -0.2) is 4.79 Å². The topological polar surface area (TPSA) is 53.6 Å². The SMILES string of the molecule is CC(CN1CCOCC1)NC(=O)NCCc1ccc(Cl)s1. The molecule has 1 aliphatic heterocycles. The molecule has 118 valence electrons. The van der Waals surface area contributed by atoms with Gasteiger partial charge in [0, 0.05) is 37.1 Å². The van der Waals surface area contributed by atoms with Crippen molar-refractivity contribution in [2.75, 3.05) is 39.4 Å². The maximum Gasteiger partial charge on any atom is 0.315 e. The van der Waals surface area contributed by atoms with Gasteiger partial charge in [-0.3, -0.25) is 4.90 Å². The number of rotatable bonds is 6. The number of nitrogens with one attached hydrogen (secondary N) is 2. The Morgan fingerprint density at radius 1 is 1.48 bits per heavy atom. The molecule has 1 fully saturated rings. The van der Waals surface area contributed by atoms with Crippen LogP contribution in [0.2, 0.25) is 4.34 Å². The number of halogens is 1. The molecule has 2 amide bonds. The summed E-state index contributed by atoms with van der Waals surface area (Å²) in [7, 11) is 0. The van der Waals surface area contributed by atoms with Crippen molar-refractivity contribution in [3.05, 3.63) is 21.3 Å². The number of hydrogen-bond acceptors (Lipinski definition) is 4. The van der Waals surface area contributed by atoms with Crippen LogP contribution in [0.1, 0.15) is 11.8 Å². The lowest BCUT2D eigenvalue weighted by Crippen LogP contribution is -2.48. The summed E-state index contributed by atoms with van der Waals surface area (Å²) in [5.74, 6) is 0. The second kappa shape index (κ2) is 8.58. The van der Waals surface area contributed by atoms with E-state index in [4.69, 9.17) is 16.3 Å². The van der Waals surface area contributed by atoms with Crippen LogP contribution in [-0.4, -0.2) is 56.4 Å². The van der Waals surface area contributed by atoms with E-state index in [-0.39, 0.29) is 12.1 Å². The normalized spacial score (nSPS) is 17.4. The van der Waals surface area contributed by atoms with Crippen molar-refractivity contribution in [3.8, 4) is 0 Å². The first-order chi connectivity index (χ1) is 10.1. The Kier molecular flexibility index (Phi) is 6.76. The molecule has 0 aromatic carbocycles. The smallest absolute Gasteiger partial charge is 0.315 e. The molecule has 0 saturated carbocycles. The van der Waals surface area contributed by atoms with Gasteiger partial charge in [0.15, 0.2) is 0 Å². The van der Waals surface area contributed by atoms with Crippen LogP contribution in [0.15, 0.2) is 12.1 Å². The summed E-state index contributed by atoms with van der Waals surface area (Å²) >= 11 is 7.42. The monoisotopic (exact) mass is 331 g/mol. The highest BCUT2D eigenvalue weighted by Gasteiger charge is 2.14. The van der Waals surface area contributed by atoms with Gasteiger partial charge < -0.3 is 15.4 Å². The van der Waals surface area contributed by atoms with Crippen molar-refractivity contribution in [1.82, 2.24) is 15.5 Å². The first-order valence-electron chi connectivity index (χ1n) is 7.22. The summed E-state index contributed by atoms with van der Waals surface area (Å²) in [5, 5.41) is 5.84. The number of thiophene rings is 1. The van der Waals surface area contributed by atoms with E-state index in [1.807, 2.05) is 19.1 Å². The molecule has 1 atom stereocenters. The summed E-state index contributed by atoms with van der Waals surface area (Å²) in [5.41, 5.74) is 0. The quantitative estimate of drug-likeness (QED) is 0.838. The minimum atomic E-state index is -0.113. The van der Waals surface area contributed by atoms with Crippen molar-refractivity contribution < 1.29 is 9.53 Å². The van der Waals surface area contributed by atoms with E-state index in [1.54, 1.807) is 11.3 Å². The van der Waals surface area contributed by atoms with Gasteiger partial charge >= 0.3 is 6.03 Å². The van der Waals surface area contributed by atoms with Gasteiger partial charge in [-0.05, 0) is 25.5 Å². The maximum atomic E-state index is 11.8. The molecule has 0 bridgehead atoms. The maximum absolute atomic E-state index is 11.8. The molecule has 0 aliphatic carbocycles. The Morgan fingerprint density at radius 3 is 2.90 bits per heavy atom. The Balaban J connectivity index is 1.59. The first-order valence-corrected chi connectivity index (χ1v) is 8.41. The van der Waals surface area contributed by atoms with Crippen LogP contribution >= 0.6 is 22.9 Å². The van der Waals surface area contributed by atoms with Gasteiger partial charge in [0.1, 0.15) is 0 Å². The second-order valence-corrected chi connectivity index (χ2v) is 6.97. The van der Waals surface area contributed by atoms with Crippen molar-refractivity contribution >= 4 is 29.0 Å². The molecule has 0 spiro atoms. The average Bonchev–Trinajstić information content (AvgIpc) is 2.85. The minimum absolute atomic E-state index is 0.113. The van der Waals surface area contributed by atoms with Crippen LogP contribution in [0, 0.1) is 0 Å². The number of ether oxygens (including phenoxy) is 1. The molecule has 1 aromatic rings. The molecule has 7 heteroatoms. The van der Waals surface area contributed by atoms with E-state index >= 15 is 0 Å². The van der Waals surface area contributed by atoms with Gasteiger partial charge in [-0.1, -0.05) is 11.6 Å². The Morgan fingerprint density at radius 2 is 2.24 bits per heavy atom. The summed E-state index contributed by atoms with van der Waals surface area (Å²) in [6.45, 7) is 6.93. The molecule has 0 radical (unpaired) electrons. The number of hydrogen-bond donors (Lipinski definition) is 2. The molecule has 21 heavy (non-hydrogen) atoms. The van der Waals surface area contributed by atoms with E-state index in [0.717, 1.165) is 43.6 Å². The van der Waals surface area contributed by atoms with Crippen LogP contribution < -0.4 is 10.6 Å². The van der Waals surface area contributed by atoms with Crippen LogP contribution in [0.3, 0.4) is 0 Å². The fraction of sp³-hybridized carbons (Fsp3) is 0.643. The van der Waals surface area contributed by atoms with Gasteiger partial charge in [-0.2, -0.15) is 0 Å². The lowest BCUT2D eigenvalue weighted by molar-refractivity contribution is 0.0349. The number of carbonyl (C=O) groups is 1. The lowest BCUT2D eigenvalue weighted by atomic mass is 10.3. The zero-order chi connectivity index (χ0) is 15.1. The van der Waals surface area contributed by atoms with Gasteiger partial charge in [-0.15, -0.1) is 11.3 Å². The fourth-order valence-electron chi connectivity index (χ4n) is 2.28. The summed E-state index contributed by atoms with van der Waals surface area (Å²) in [4.78, 5) is 15.3. The Hall–Kier alpha value is -0.820. The number of urea groups is 1. The number of nitrogens with zero attached hydrogens (tertiary/aromatic N) is 1. The van der Waals surface area contributed by atoms with E-state index in [0.29, 0.717) is 6.54 Å². The highest BCUT2D eigenvalue weighted by Crippen LogP contribution is 2.21. The van der Waals surface area contributed by atoms with E-state index in [1.165, 1.54) is 4.88 Å². The largest absolute Gasteiger partial charge is 0.379 e. The van der Waals surface area contributed by atoms with Gasteiger partial charge in [0.2, 0.25) is 0 Å². The molecule has 5 nitrogen and oxygen atoms in total. The molecule has 1 unspecified atom stereocenters. The number of morpholine rings is 1. The second-order valence-electron chi connectivity index (χ2n) is 5.17. The number of amides is 2. The molecule has 1 saturated heterocycles. The molecule has 2 heterocycles. The van der Waals surface area contributed by atoms with E-state index in [9.17, 15) is 4.79 Å². The van der Waals surface area contributed by atoms with Crippen molar-refractivity contribution in [2.45, 2.75) is 19.4 Å². The zero-order valence-electron chi connectivity index (χ0n) is 12.2. The molecular weight excluding hydrogens is 310 g/mol. The fourth-order valence-corrected chi connectivity index (χ4v) is 3.36. The molecule has 2 N–H and O–H groups in total. The van der Waals surface area contributed by atoms with Crippen LogP contribution in [0.4, 0.5) is 4.79 Å². The highest BCUT2D eigenvalue weighted by molar-refractivity contribution is 7.16. The predicted molar refractivity (Wildman–Crippen MR) is 86.3 cm³/mol. The number of carbonyl (C=O) groups excluding carboxylic acids is 1. The molecule has 2 rings (SSSR count). The van der Waals surface area contributed by atoms with E-state index < -0.39 is 0 Å². The highest BCUT2D eigenvalue weighted by atomic mass is 35.5. The Labute approximate surface area is 134 Å². The predicted octanol–water partition coefficient (Wildman–Crippen LogP) is 1.96. The van der Waals surface area contributed by atoms with Crippen LogP contribution in [0.5, 0.6) is 0 Å². The summed E-state index contributed by atoms with van der Waals surface area (Å²) in [6, 6.07) is 3.89. The van der Waals surface area contributed by atoms with Crippen molar-refractivity contribution in [1.29, 1.82) is 0 Å². The van der Waals surface area contributed by atoms with Gasteiger partial charge in [0.25, 0.3) is 0 Å². The average molecular weight is 332 g/mol. The van der Waals surface area contributed by atoms with E-state index in [2.05, 4.69) is 15.5 Å². The first kappa shape index (κ1) is 16.5. The molecular formula is C14H22ClN3O2S. The van der Waals surface area contributed by atoms with Crippen molar-refractivity contribution in [3.63, 3.8) is 0 Å². The standard InChI is InChI=1S/C14H22ClN3O2S/c1-11(10-18-6-8-20-9-7-18)17-14(19)16-5-4-12-2-3-13(15)21-12/h2-3,11H,4-10H2,1H3,(H2,16,17,19). The zero-order valence-corrected chi connectivity index (χ0v) is 13.8. The van der Waals surface area contributed by atoms with Crippen LogP contribution in [-0.2, 0) is 11.2 Å². The van der Waals surface area contributed by atoms with Gasteiger partial charge in [0.05, 0.1) is 17.6 Å². The lowest BCUT2D eigenvalue weighted by Gasteiger charge is -2.29. The summed E-state index contributed by atoms with van der Waals surface area (Å²) in [6.07, 6.45) is 0.808.